The Balaban J connectivity index is 1.19. The zero-order valence-electron chi connectivity index (χ0n) is 34.9. The Morgan fingerprint density at radius 1 is 0.483 bits per heavy atom. The summed E-state index contributed by atoms with van der Waals surface area (Å²) in [5, 5.41) is 2.55. The average Bonchev–Trinajstić information content (AvgIpc) is 3.46. The molecule has 4 bridgehead atoms. The van der Waals surface area contributed by atoms with Crippen LogP contribution in [0, 0.1) is 17.8 Å². The van der Waals surface area contributed by atoms with Crippen LogP contribution in [0.1, 0.15) is 95.4 Å². The van der Waals surface area contributed by atoms with Gasteiger partial charge in [0, 0.05) is 22.4 Å². The quantitative estimate of drug-likeness (QED) is 0.163. The van der Waals surface area contributed by atoms with Gasteiger partial charge in [0.15, 0.2) is 0 Å². The Morgan fingerprint density at radius 3 is 1.81 bits per heavy atom. The highest BCUT2D eigenvalue weighted by atomic mass is 15.1. The molecular formula is C57H55N. The summed E-state index contributed by atoms with van der Waals surface area (Å²) >= 11 is 0. The average molecular weight is 754 g/mol. The number of fused-ring (bicyclic) bond motifs is 4. The predicted molar refractivity (Wildman–Crippen MR) is 246 cm³/mol. The smallest absolute Gasteiger partial charge is 0.0546 e. The van der Waals surface area contributed by atoms with Gasteiger partial charge in [-0.1, -0.05) is 156 Å². The summed E-state index contributed by atoms with van der Waals surface area (Å²) in [4.78, 5) is 2.70. The zero-order valence-corrected chi connectivity index (χ0v) is 34.9. The maximum Gasteiger partial charge on any atom is 0.0546 e. The zero-order chi connectivity index (χ0) is 39.4. The molecule has 0 heterocycles. The molecular weight excluding hydrogens is 699 g/mol. The van der Waals surface area contributed by atoms with E-state index in [1.807, 2.05) is 0 Å². The van der Waals surface area contributed by atoms with Crippen LogP contribution in [0.4, 0.5) is 17.1 Å². The van der Waals surface area contributed by atoms with Gasteiger partial charge in [0.1, 0.15) is 0 Å². The molecule has 0 amide bonds. The minimum atomic E-state index is -0.165. The third-order valence-electron chi connectivity index (χ3n) is 14.9. The first-order valence-corrected chi connectivity index (χ1v) is 21.9. The van der Waals surface area contributed by atoms with Crippen LogP contribution in [-0.2, 0) is 16.2 Å². The van der Waals surface area contributed by atoms with Gasteiger partial charge in [-0.25, -0.2) is 0 Å². The monoisotopic (exact) mass is 753 g/mol. The van der Waals surface area contributed by atoms with E-state index in [9.17, 15) is 0 Å². The number of anilines is 3. The second-order valence-corrected chi connectivity index (χ2v) is 20.0. The van der Waals surface area contributed by atoms with E-state index in [0.29, 0.717) is 0 Å². The topological polar surface area (TPSA) is 3.24 Å². The van der Waals surface area contributed by atoms with E-state index < -0.39 is 0 Å². The highest BCUT2D eigenvalue weighted by Gasteiger charge is 2.52. The van der Waals surface area contributed by atoms with Gasteiger partial charge in [-0.15, -0.1) is 0 Å². The number of rotatable bonds is 6. The normalized spacial score (nSPS) is 22.5. The molecule has 12 rings (SSSR count). The van der Waals surface area contributed by atoms with Crippen molar-refractivity contribution in [3.05, 3.63) is 174 Å². The second kappa shape index (κ2) is 13.1. The Morgan fingerprint density at radius 2 is 1.09 bits per heavy atom. The maximum atomic E-state index is 2.70. The van der Waals surface area contributed by atoms with Crippen molar-refractivity contribution in [2.75, 3.05) is 4.90 Å². The van der Waals surface area contributed by atoms with Crippen LogP contribution in [0.25, 0.3) is 44.2 Å². The van der Waals surface area contributed by atoms with Crippen molar-refractivity contribution < 1.29 is 0 Å². The van der Waals surface area contributed by atoms with Crippen molar-refractivity contribution in [1.82, 2.24) is 0 Å². The first kappa shape index (κ1) is 35.7. The molecule has 4 saturated carbocycles. The lowest BCUT2D eigenvalue weighted by Crippen LogP contribution is -2.48. The lowest BCUT2D eigenvalue weighted by molar-refractivity contribution is -0.00491. The lowest BCUT2D eigenvalue weighted by Gasteiger charge is -2.57. The van der Waals surface area contributed by atoms with Crippen molar-refractivity contribution in [3.63, 3.8) is 0 Å². The Kier molecular flexibility index (Phi) is 8.04. The van der Waals surface area contributed by atoms with Crippen molar-refractivity contribution >= 4 is 27.8 Å². The van der Waals surface area contributed by atoms with Crippen molar-refractivity contribution in [2.24, 2.45) is 17.8 Å². The Bertz CT molecular complexity index is 2690. The molecule has 5 aliphatic rings. The third-order valence-corrected chi connectivity index (χ3v) is 14.9. The summed E-state index contributed by atoms with van der Waals surface area (Å²) in [7, 11) is 0. The summed E-state index contributed by atoms with van der Waals surface area (Å²) in [6, 6.07) is 58.1. The van der Waals surface area contributed by atoms with Crippen LogP contribution in [0.5, 0.6) is 0 Å². The van der Waals surface area contributed by atoms with Gasteiger partial charge >= 0.3 is 0 Å². The predicted octanol–water partition coefficient (Wildman–Crippen LogP) is 15.7. The van der Waals surface area contributed by atoms with Crippen molar-refractivity contribution in [2.45, 2.75) is 89.4 Å². The molecule has 288 valence electrons. The molecule has 0 atom stereocenters. The van der Waals surface area contributed by atoms with Crippen LogP contribution in [0.3, 0.4) is 0 Å². The van der Waals surface area contributed by atoms with E-state index in [2.05, 4.69) is 191 Å². The minimum absolute atomic E-state index is 0.0265. The summed E-state index contributed by atoms with van der Waals surface area (Å²) in [5.74, 6) is 2.59. The highest BCUT2D eigenvalue weighted by Crippen LogP contribution is 2.63. The molecule has 0 saturated heterocycles. The lowest BCUT2D eigenvalue weighted by atomic mass is 9.48. The number of nitrogens with zero attached hydrogens (tertiary/aromatic N) is 1. The fourth-order valence-corrected chi connectivity index (χ4v) is 12.7. The number of hydrogen-bond acceptors (Lipinski definition) is 1. The fourth-order valence-electron chi connectivity index (χ4n) is 12.7. The molecule has 5 aliphatic carbocycles. The molecule has 4 fully saturated rings. The maximum absolute atomic E-state index is 2.70. The molecule has 7 aromatic carbocycles. The number of hydrogen-bond donors (Lipinski definition) is 0. The summed E-state index contributed by atoms with van der Waals surface area (Å²) in [5.41, 5.74) is 17.6. The van der Waals surface area contributed by atoms with E-state index in [4.69, 9.17) is 0 Å². The van der Waals surface area contributed by atoms with E-state index in [0.717, 1.165) is 17.8 Å². The molecule has 1 nitrogen and oxygen atoms in total. The molecule has 7 aromatic rings. The van der Waals surface area contributed by atoms with Crippen LogP contribution in [-0.4, -0.2) is 0 Å². The molecule has 0 unspecified atom stereocenters. The van der Waals surface area contributed by atoms with E-state index >= 15 is 0 Å². The molecule has 0 radical (unpaired) electrons. The Labute approximate surface area is 345 Å². The van der Waals surface area contributed by atoms with E-state index in [-0.39, 0.29) is 16.2 Å². The first-order chi connectivity index (χ1) is 28.1. The van der Waals surface area contributed by atoms with Crippen LogP contribution >= 0.6 is 0 Å². The number of para-hydroxylation sites is 1. The van der Waals surface area contributed by atoms with Gasteiger partial charge in [-0.05, 0) is 158 Å². The van der Waals surface area contributed by atoms with Gasteiger partial charge in [0.2, 0.25) is 0 Å². The van der Waals surface area contributed by atoms with Crippen LogP contribution in [0.2, 0.25) is 0 Å². The van der Waals surface area contributed by atoms with Crippen LogP contribution in [0.15, 0.2) is 152 Å². The highest BCUT2D eigenvalue weighted by molar-refractivity contribution is 6.00. The Hall–Kier alpha value is -5.40. The van der Waals surface area contributed by atoms with Gasteiger partial charge in [-0.3, -0.25) is 0 Å². The first-order valence-electron chi connectivity index (χ1n) is 21.9. The molecule has 0 aliphatic heterocycles. The standard InChI is InChI=1S/C57H55N/c1-55(2,3)48-22-12-11-20-45(48)47-31-41-18-9-10-19-42(41)32-53(47)58(52-25-14-13-23-49(52)57-34-37-28-38(35-57)30-39(29-37)36-57)43-26-27-46-51(33-43)56(4,5)50-24-15-21-44(54(46)50)40-16-7-6-8-17-40/h6-27,31-33,37-39H,28-30,34-36H2,1-5H3. The molecule has 58 heavy (non-hydrogen) atoms. The van der Waals surface area contributed by atoms with Crippen molar-refractivity contribution in [3.8, 4) is 33.4 Å². The molecule has 1 heteroatoms. The molecule has 0 spiro atoms. The fraction of sp³-hybridized carbons (Fsp3) is 0.298. The summed E-state index contributed by atoms with van der Waals surface area (Å²) in [6.07, 6.45) is 8.31. The van der Waals surface area contributed by atoms with Gasteiger partial charge in [0.05, 0.1) is 5.69 Å². The molecule has 0 aromatic heterocycles. The minimum Gasteiger partial charge on any atom is -0.310 e. The molecule has 0 N–H and O–H groups in total. The SMILES string of the molecule is CC(C)(C)c1ccccc1-c1cc2ccccc2cc1N(c1ccc2c(c1)C(C)(C)c1cccc(-c3ccccc3)c1-2)c1ccccc1C12CC3CC(CC(C3)C1)C2. The van der Waals surface area contributed by atoms with Gasteiger partial charge in [0.25, 0.3) is 0 Å². The summed E-state index contributed by atoms with van der Waals surface area (Å²) in [6.45, 7) is 11.9. The van der Waals surface area contributed by atoms with E-state index in [1.54, 1.807) is 5.56 Å². The van der Waals surface area contributed by atoms with Gasteiger partial charge in [-0.2, -0.15) is 0 Å². The summed E-state index contributed by atoms with van der Waals surface area (Å²) < 4.78 is 0. The number of benzene rings is 7. The van der Waals surface area contributed by atoms with Crippen molar-refractivity contribution in [1.29, 1.82) is 0 Å². The van der Waals surface area contributed by atoms with Gasteiger partial charge < -0.3 is 4.90 Å². The van der Waals surface area contributed by atoms with Crippen LogP contribution < -0.4 is 4.90 Å². The van der Waals surface area contributed by atoms with E-state index in [1.165, 1.54) is 116 Å². The third kappa shape index (κ3) is 5.56. The largest absolute Gasteiger partial charge is 0.310 e. The second-order valence-electron chi connectivity index (χ2n) is 20.0.